The lowest BCUT2D eigenvalue weighted by Gasteiger charge is -2.16. The first-order valence-corrected chi connectivity index (χ1v) is 7.19. The summed E-state index contributed by atoms with van der Waals surface area (Å²) in [5.74, 6) is 0.637. The quantitative estimate of drug-likeness (QED) is 0.911. The molecule has 0 heterocycles. The summed E-state index contributed by atoms with van der Waals surface area (Å²) < 4.78 is 5.72. The lowest BCUT2D eigenvalue weighted by molar-refractivity contribution is 0.0927. The number of hydrogen-bond acceptors (Lipinski definition) is 2. The van der Waals surface area contributed by atoms with Crippen LogP contribution in [0.25, 0.3) is 0 Å². The van der Waals surface area contributed by atoms with Crippen LogP contribution in [0.5, 0.6) is 5.75 Å². The standard InChI is InChI=1S/C17H18ClNO2/c1-12-7-3-6-10-16(12)21-11-13(2)19-17(20)14-8-4-5-9-15(14)18/h3-10,13H,11H2,1-2H3,(H,19,20). The van der Waals surface area contributed by atoms with Crippen molar-refractivity contribution < 1.29 is 9.53 Å². The van der Waals surface area contributed by atoms with Gasteiger partial charge in [-0.25, -0.2) is 0 Å². The molecule has 0 bridgehead atoms. The fourth-order valence-electron chi connectivity index (χ4n) is 1.92. The van der Waals surface area contributed by atoms with E-state index in [9.17, 15) is 4.79 Å². The number of rotatable bonds is 5. The van der Waals surface area contributed by atoms with Crippen molar-refractivity contribution in [2.45, 2.75) is 19.9 Å². The van der Waals surface area contributed by atoms with Gasteiger partial charge in [-0.3, -0.25) is 4.79 Å². The number of para-hydroxylation sites is 1. The van der Waals surface area contributed by atoms with Gasteiger partial charge in [0.2, 0.25) is 0 Å². The van der Waals surface area contributed by atoms with Crippen molar-refractivity contribution in [2.75, 3.05) is 6.61 Å². The van der Waals surface area contributed by atoms with E-state index in [1.807, 2.05) is 38.1 Å². The summed E-state index contributed by atoms with van der Waals surface area (Å²) in [4.78, 5) is 12.1. The fourth-order valence-corrected chi connectivity index (χ4v) is 2.14. The van der Waals surface area contributed by atoms with E-state index in [0.717, 1.165) is 11.3 Å². The third-order valence-electron chi connectivity index (χ3n) is 3.08. The van der Waals surface area contributed by atoms with E-state index in [1.165, 1.54) is 0 Å². The van der Waals surface area contributed by atoms with Crippen molar-refractivity contribution in [2.24, 2.45) is 0 Å². The van der Waals surface area contributed by atoms with E-state index >= 15 is 0 Å². The molecule has 4 heteroatoms. The van der Waals surface area contributed by atoms with Gasteiger partial charge in [-0.2, -0.15) is 0 Å². The molecule has 2 aromatic rings. The van der Waals surface area contributed by atoms with Gasteiger partial charge in [0.25, 0.3) is 5.91 Å². The SMILES string of the molecule is Cc1ccccc1OCC(C)NC(=O)c1ccccc1Cl. The van der Waals surface area contributed by atoms with Gasteiger partial charge in [0.1, 0.15) is 12.4 Å². The second kappa shape index (κ2) is 7.14. The van der Waals surface area contributed by atoms with Gasteiger partial charge in [0, 0.05) is 0 Å². The van der Waals surface area contributed by atoms with E-state index < -0.39 is 0 Å². The van der Waals surface area contributed by atoms with Crippen molar-refractivity contribution in [3.05, 3.63) is 64.7 Å². The van der Waals surface area contributed by atoms with Crippen LogP contribution in [0, 0.1) is 6.92 Å². The minimum atomic E-state index is -0.193. The van der Waals surface area contributed by atoms with Crippen molar-refractivity contribution in [1.82, 2.24) is 5.32 Å². The summed E-state index contributed by atoms with van der Waals surface area (Å²) >= 11 is 6.00. The Morgan fingerprint density at radius 1 is 1.19 bits per heavy atom. The molecule has 0 aliphatic heterocycles. The molecule has 0 aliphatic carbocycles. The Balaban J connectivity index is 1.90. The first-order chi connectivity index (χ1) is 10.1. The van der Waals surface area contributed by atoms with Crippen LogP contribution in [0.2, 0.25) is 5.02 Å². The van der Waals surface area contributed by atoms with Crippen molar-refractivity contribution in [1.29, 1.82) is 0 Å². The molecule has 1 unspecified atom stereocenters. The average Bonchev–Trinajstić information content (AvgIpc) is 2.46. The molecule has 0 fully saturated rings. The molecule has 2 aromatic carbocycles. The number of nitrogens with one attached hydrogen (secondary N) is 1. The molecule has 0 aromatic heterocycles. The molecule has 110 valence electrons. The van der Waals surface area contributed by atoms with E-state index in [-0.39, 0.29) is 11.9 Å². The van der Waals surface area contributed by atoms with Crippen molar-refractivity contribution >= 4 is 17.5 Å². The predicted octanol–water partition coefficient (Wildman–Crippen LogP) is 3.85. The molecule has 0 radical (unpaired) electrons. The smallest absolute Gasteiger partial charge is 0.253 e. The monoisotopic (exact) mass is 303 g/mol. The highest BCUT2D eigenvalue weighted by molar-refractivity contribution is 6.33. The minimum absolute atomic E-state index is 0.117. The molecule has 2 rings (SSSR count). The summed E-state index contributed by atoms with van der Waals surface area (Å²) in [5.41, 5.74) is 1.55. The van der Waals surface area contributed by atoms with E-state index in [4.69, 9.17) is 16.3 Å². The van der Waals surface area contributed by atoms with Gasteiger partial charge in [-0.05, 0) is 37.6 Å². The van der Waals surface area contributed by atoms with E-state index in [0.29, 0.717) is 17.2 Å². The number of hydrogen-bond donors (Lipinski definition) is 1. The summed E-state index contributed by atoms with van der Waals surface area (Å²) in [7, 11) is 0. The number of ether oxygens (including phenoxy) is 1. The Morgan fingerprint density at radius 3 is 2.57 bits per heavy atom. The number of aryl methyl sites for hydroxylation is 1. The number of amides is 1. The van der Waals surface area contributed by atoms with Crippen LogP contribution in [-0.2, 0) is 0 Å². The zero-order valence-electron chi connectivity index (χ0n) is 12.1. The summed E-state index contributed by atoms with van der Waals surface area (Å²) in [6.07, 6.45) is 0. The van der Waals surface area contributed by atoms with Crippen LogP contribution in [0.4, 0.5) is 0 Å². The molecule has 0 saturated heterocycles. The van der Waals surface area contributed by atoms with Crippen molar-refractivity contribution in [3.8, 4) is 5.75 Å². The molecule has 0 saturated carbocycles. The maximum atomic E-state index is 12.1. The zero-order valence-corrected chi connectivity index (χ0v) is 12.9. The fraction of sp³-hybridized carbons (Fsp3) is 0.235. The average molecular weight is 304 g/mol. The van der Waals surface area contributed by atoms with Crippen LogP contribution < -0.4 is 10.1 Å². The van der Waals surface area contributed by atoms with Crippen LogP contribution in [-0.4, -0.2) is 18.6 Å². The third kappa shape index (κ3) is 4.23. The first-order valence-electron chi connectivity index (χ1n) is 6.81. The lowest BCUT2D eigenvalue weighted by Crippen LogP contribution is -2.36. The molecule has 1 atom stereocenters. The Bertz CT molecular complexity index is 628. The molecule has 21 heavy (non-hydrogen) atoms. The summed E-state index contributed by atoms with van der Waals surface area (Å²) in [5, 5.41) is 3.32. The lowest BCUT2D eigenvalue weighted by atomic mass is 10.2. The summed E-state index contributed by atoms with van der Waals surface area (Å²) in [6, 6.07) is 14.7. The highest BCUT2D eigenvalue weighted by Crippen LogP contribution is 2.17. The van der Waals surface area contributed by atoms with E-state index in [1.54, 1.807) is 24.3 Å². The predicted molar refractivity (Wildman–Crippen MR) is 85.1 cm³/mol. The Morgan fingerprint density at radius 2 is 1.86 bits per heavy atom. The second-order valence-electron chi connectivity index (χ2n) is 4.93. The van der Waals surface area contributed by atoms with Gasteiger partial charge in [-0.1, -0.05) is 41.9 Å². The highest BCUT2D eigenvalue weighted by atomic mass is 35.5. The maximum Gasteiger partial charge on any atom is 0.253 e. The van der Waals surface area contributed by atoms with Gasteiger partial charge < -0.3 is 10.1 Å². The molecule has 1 N–H and O–H groups in total. The molecule has 0 spiro atoms. The number of carbonyl (C=O) groups excluding carboxylic acids is 1. The first kappa shape index (κ1) is 15.4. The highest BCUT2D eigenvalue weighted by Gasteiger charge is 2.13. The van der Waals surface area contributed by atoms with Crippen LogP contribution in [0.15, 0.2) is 48.5 Å². The largest absolute Gasteiger partial charge is 0.491 e. The number of benzene rings is 2. The van der Waals surface area contributed by atoms with Crippen LogP contribution in [0.3, 0.4) is 0 Å². The van der Waals surface area contributed by atoms with Gasteiger partial charge in [0.15, 0.2) is 0 Å². The molecular formula is C17H18ClNO2. The van der Waals surface area contributed by atoms with Gasteiger partial charge in [0.05, 0.1) is 16.6 Å². The van der Waals surface area contributed by atoms with Crippen LogP contribution >= 0.6 is 11.6 Å². The Labute approximate surface area is 129 Å². The molecule has 1 amide bonds. The molecular weight excluding hydrogens is 286 g/mol. The number of carbonyl (C=O) groups is 1. The van der Waals surface area contributed by atoms with Crippen LogP contribution in [0.1, 0.15) is 22.8 Å². The molecule has 0 aliphatic rings. The second-order valence-corrected chi connectivity index (χ2v) is 5.34. The maximum absolute atomic E-state index is 12.1. The minimum Gasteiger partial charge on any atom is -0.491 e. The van der Waals surface area contributed by atoms with Gasteiger partial charge >= 0.3 is 0 Å². The summed E-state index contributed by atoms with van der Waals surface area (Å²) in [6.45, 7) is 4.29. The Hall–Kier alpha value is -2.00. The van der Waals surface area contributed by atoms with Crippen molar-refractivity contribution in [3.63, 3.8) is 0 Å². The topological polar surface area (TPSA) is 38.3 Å². The third-order valence-corrected chi connectivity index (χ3v) is 3.41. The molecule has 3 nitrogen and oxygen atoms in total. The van der Waals surface area contributed by atoms with Gasteiger partial charge in [-0.15, -0.1) is 0 Å². The number of halogens is 1. The Kier molecular flexibility index (Phi) is 5.23. The normalized spacial score (nSPS) is 11.8. The zero-order chi connectivity index (χ0) is 15.2. The van der Waals surface area contributed by atoms with E-state index in [2.05, 4.69) is 5.32 Å².